The van der Waals surface area contributed by atoms with E-state index in [1.165, 1.54) is 24.3 Å². The highest BCUT2D eigenvalue weighted by molar-refractivity contribution is 5.84. The van der Waals surface area contributed by atoms with Crippen molar-refractivity contribution in [3.05, 3.63) is 47.3 Å². The van der Waals surface area contributed by atoms with Crippen LogP contribution in [-0.2, 0) is 6.42 Å². The quantitative estimate of drug-likeness (QED) is 0.855. The Balaban J connectivity index is 2.17. The number of hydrogen-bond acceptors (Lipinski definition) is 5. The van der Waals surface area contributed by atoms with E-state index in [0.29, 0.717) is 5.76 Å². The third-order valence-corrected chi connectivity index (χ3v) is 2.61. The monoisotopic (exact) mass is 275 g/mol. The first kappa shape index (κ1) is 13.4. The summed E-state index contributed by atoms with van der Waals surface area (Å²) in [6, 6.07) is 7.36. The van der Waals surface area contributed by atoms with Gasteiger partial charge in [-0.1, -0.05) is 0 Å². The summed E-state index contributed by atoms with van der Waals surface area (Å²) in [6.45, 7) is 0. The molecule has 0 bridgehead atoms. The molecule has 0 saturated heterocycles. The van der Waals surface area contributed by atoms with Gasteiger partial charge < -0.3 is 19.0 Å². The SMILES string of the molecule is N#CC(Cc1ccc(C(=O)O)o1)c1ccc(C(=O)O)o1. The van der Waals surface area contributed by atoms with E-state index in [4.69, 9.17) is 24.3 Å². The molecule has 0 amide bonds. The molecule has 1 unspecified atom stereocenters. The summed E-state index contributed by atoms with van der Waals surface area (Å²) < 4.78 is 10.1. The molecule has 2 N–H and O–H groups in total. The van der Waals surface area contributed by atoms with Crippen molar-refractivity contribution in [3.63, 3.8) is 0 Å². The van der Waals surface area contributed by atoms with Crippen molar-refractivity contribution in [2.75, 3.05) is 0 Å². The molecule has 7 heteroatoms. The van der Waals surface area contributed by atoms with Crippen molar-refractivity contribution in [3.8, 4) is 6.07 Å². The molecule has 20 heavy (non-hydrogen) atoms. The van der Waals surface area contributed by atoms with Crippen LogP contribution in [0.15, 0.2) is 33.1 Å². The zero-order valence-corrected chi connectivity index (χ0v) is 10.1. The van der Waals surface area contributed by atoms with E-state index in [0.717, 1.165) is 0 Å². The highest BCUT2D eigenvalue weighted by Crippen LogP contribution is 2.23. The molecule has 2 rings (SSSR count). The van der Waals surface area contributed by atoms with Crippen LogP contribution in [0.5, 0.6) is 0 Å². The zero-order valence-electron chi connectivity index (χ0n) is 10.1. The first-order chi connectivity index (χ1) is 9.51. The molecule has 0 spiro atoms. The molecule has 102 valence electrons. The summed E-state index contributed by atoms with van der Waals surface area (Å²) >= 11 is 0. The van der Waals surface area contributed by atoms with Crippen LogP contribution in [-0.4, -0.2) is 22.2 Å². The summed E-state index contributed by atoms with van der Waals surface area (Å²) in [5.41, 5.74) is 0. The number of carboxylic acid groups (broad SMARTS) is 2. The number of nitrogens with zero attached hydrogens (tertiary/aromatic N) is 1. The molecular formula is C13H9NO6. The summed E-state index contributed by atoms with van der Waals surface area (Å²) in [5, 5.41) is 26.6. The lowest BCUT2D eigenvalue weighted by Crippen LogP contribution is -1.99. The first-order valence-corrected chi connectivity index (χ1v) is 5.56. The van der Waals surface area contributed by atoms with Crippen LogP contribution in [0.2, 0.25) is 0 Å². The van der Waals surface area contributed by atoms with Gasteiger partial charge in [0.05, 0.1) is 6.07 Å². The Morgan fingerprint density at radius 3 is 2.20 bits per heavy atom. The van der Waals surface area contributed by atoms with Gasteiger partial charge in [-0.3, -0.25) is 0 Å². The zero-order chi connectivity index (χ0) is 14.7. The van der Waals surface area contributed by atoms with Crippen molar-refractivity contribution in [1.29, 1.82) is 5.26 Å². The van der Waals surface area contributed by atoms with Gasteiger partial charge in [0.15, 0.2) is 0 Å². The molecule has 0 aliphatic heterocycles. The van der Waals surface area contributed by atoms with Gasteiger partial charge in [0.2, 0.25) is 11.5 Å². The lowest BCUT2D eigenvalue weighted by atomic mass is 10.0. The predicted octanol–water partition coefficient (Wildman–Crippen LogP) is 2.12. The van der Waals surface area contributed by atoms with E-state index in [1.54, 1.807) is 0 Å². The van der Waals surface area contributed by atoms with E-state index >= 15 is 0 Å². The summed E-state index contributed by atoms with van der Waals surface area (Å²) in [7, 11) is 0. The Hall–Kier alpha value is -3.01. The van der Waals surface area contributed by atoms with Gasteiger partial charge in [0, 0.05) is 6.42 Å². The van der Waals surface area contributed by atoms with Gasteiger partial charge in [-0.25, -0.2) is 9.59 Å². The molecule has 7 nitrogen and oxygen atoms in total. The Kier molecular flexibility index (Phi) is 3.57. The van der Waals surface area contributed by atoms with Crippen LogP contribution in [0.4, 0.5) is 0 Å². The number of hydrogen-bond donors (Lipinski definition) is 2. The fraction of sp³-hybridized carbons (Fsp3) is 0.154. The topological polar surface area (TPSA) is 125 Å². The van der Waals surface area contributed by atoms with Crippen LogP contribution >= 0.6 is 0 Å². The molecule has 2 aromatic rings. The standard InChI is InChI=1S/C13H9NO6/c14-6-7(9-3-4-11(20-9)13(17)18)5-8-1-2-10(19-8)12(15)16/h1-4,7H,5H2,(H,15,16)(H,17,18). The number of furan rings is 2. The number of rotatable bonds is 5. The van der Waals surface area contributed by atoms with E-state index in [2.05, 4.69) is 0 Å². The van der Waals surface area contributed by atoms with Crippen LogP contribution < -0.4 is 0 Å². The van der Waals surface area contributed by atoms with Gasteiger partial charge in [-0.05, 0) is 24.3 Å². The minimum absolute atomic E-state index is 0.0936. The second-order valence-electron chi connectivity index (χ2n) is 3.96. The average molecular weight is 275 g/mol. The van der Waals surface area contributed by atoms with E-state index in [-0.39, 0.29) is 23.7 Å². The second kappa shape index (κ2) is 5.32. The molecule has 2 aromatic heterocycles. The number of nitriles is 1. The normalized spacial score (nSPS) is 11.8. The first-order valence-electron chi connectivity index (χ1n) is 5.56. The van der Waals surface area contributed by atoms with Crippen molar-refractivity contribution >= 4 is 11.9 Å². The lowest BCUT2D eigenvalue weighted by molar-refractivity contribution is 0.0649. The summed E-state index contributed by atoms with van der Waals surface area (Å²) in [5.74, 6) is -3.15. The number of carboxylic acids is 2. The van der Waals surface area contributed by atoms with Crippen LogP contribution in [0.3, 0.4) is 0 Å². The number of aromatic carboxylic acids is 2. The molecule has 0 saturated carbocycles. The molecule has 2 heterocycles. The van der Waals surface area contributed by atoms with Crippen LogP contribution in [0.25, 0.3) is 0 Å². The average Bonchev–Trinajstić information content (AvgIpc) is 3.05. The van der Waals surface area contributed by atoms with Gasteiger partial charge >= 0.3 is 11.9 Å². The fourth-order valence-electron chi connectivity index (χ4n) is 1.67. The minimum atomic E-state index is -1.22. The Labute approximate surface area is 112 Å². The molecule has 0 aliphatic carbocycles. The van der Waals surface area contributed by atoms with E-state index in [1.807, 2.05) is 6.07 Å². The summed E-state index contributed by atoms with van der Waals surface area (Å²) in [4.78, 5) is 21.4. The van der Waals surface area contributed by atoms with Gasteiger partial charge in [0.1, 0.15) is 17.4 Å². The molecule has 0 fully saturated rings. The lowest BCUT2D eigenvalue weighted by Gasteiger charge is -2.03. The van der Waals surface area contributed by atoms with E-state index < -0.39 is 17.9 Å². The highest BCUT2D eigenvalue weighted by atomic mass is 16.4. The molecule has 1 atom stereocenters. The van der Waals surface area contributed by atoms with Crippen molar-refractivity contribution in [2.45, 2.75) is 12.3 Å². The molecule has 0 aromatic carbocycles. The Morgan fingerprint density at radius 2 is 1.70 bits per heavy atom. The van der Waals surface area contributed by atoms with Gasteiger partial charge in [-0.15, -0.1) is 0 Å². The predicted molar refractivity (Wildman–Crippen MR) is 63.4 cm³/mol. The molecule has 0 radical (unpaired) electrons. The number of carbonyl (C=O) groups is 2. The smallest absolute Gasteiger partial charge is 0.371 e. The Morgan fingerprint density at radius 1 is 1.10 bits per heavy atom. The van der Waals surface area contributed by atoms with Crippen molar-refractivity contribution in [2.24, 2.45) is 0 Å². The Bertz CT molecular complexity index is 690. The molecule has 0 aliphatic rings. The van der Waals surface area contributed by atoms with E-state index in [9.17, 15) is 9.59 Å². The maximum Gasteiger partial charge on any atom is 0.371 e. The van der Waals surface area contributed by atoms with Crippen molar-refractivity contribution < 1.29 is 28.6 Å². The molecular weight excluding hydrogens is 266 g/mol. The van der Waals surface area contributed by atoms with Crippen LogP contribution in [0, 0.1) is 11.3 Å². The fourth-order valence-corrected chi connectivity index (χ4v) is 1.67. The highest BCUT2D eigenvalue weighted by Gasteiger charge is 2.20. The maximum atomic E-state index is 10.7. The minimum Gasteiger partial charge on any atom is -0.475 e. The third-order valence-electron chi connectivity index (χ3n) is 2.61. The summed E-state index contributed by atoms with van der Waals surface area (Å²) in [6.07, 6.45) is 0.0936. The van der Waals surface area contributed by atoms with Gasteiger partial charge in [-0.2, -0.15) is 5.26 Å². The maximum absolute atomic E-state index is 10.7. The third kappa shape index (κ3) is 2.70. The second-order valence-corrected chi connectivity index (χ2v) is 3.96. The van der Waals surface area contributed by atoms with Gasteiger partial charge in [0.25, 0.3) is 0 Å². The largest absolute Gasteiger partial charge is 0.475 e. The van der Waals surface area contributed by atoms with Crippen LogP contribution in [0.1, 0.15) is 38.5 Å². The van der Waals surface area contributed by atoms with Crippen molar-refractivity contribution in [1.82, 2.24) is 0 Å².